The summed E-state index contributed by atoms with van der Waals surface area (Å²) in [6.07, 6.45) is 5.09. The molecule has 6 aromatic carbocycles. The molecule has 1 saturated carbocycles. The van der Waals surface area contributed by atoms with Gasteiger partial charge in [0.1, 0.15) is 0 Å². The van der Waals surface area contributed by atoms with E-state index in [1.165, 1.54) is 103 Å². The highest BCUT2D eigenvalue weighted by molar-refractivity contribution is 6.91. The van der Waals surface area contributed by atoms with Gasteiger partial charge in [-0.25, -0.2) is 0 Å². The Morgan fingerprint density at radius 2 is 1.20 bits per heavy atom. The minimum atomic E-state index is 0.354. The van der Waals surface area contributed by atoms with Crippen molar-refractivity contribution in [3.05, 3.63) is 133 Å². The van der Waals surface area contributed by atoms with E-state index in [2.05, 4.69) is 148 Å². The van der Waals surface area contributed by atoms with Crippen LogP contribution in [0.2, 0.25) is 5.82 Å². The number of para-hydroxylation sites is 4. The van der Waals surface area contributed by atoms with Crippen molar-refractivity contribution in [3.8, 4) is 0 Å². The van der Waals surface area contributed by atoms with Crippen molar-refractivity contribution in [2.24, 2.45) is 0 Å². The summed E-state index contributed by atoms with van der Waals surface area (Å²) in [5.74, 6) is 0.550. The Kier molecular flexibility index (Phi) is 4.99. The van der Waals surface area contributed by atoms with Gasteiger partial charge in [0.15, 0.2) is 0 Å². The molecule has 0 N–H and O–H groups in total. The molecule has 11 rings (SSSR count). The van der Waals surface area contributed by atoms with Crippen LogP contribution in [0.5, 0.6) is 0 Å². The molecule has 0 bridgehead atoms. The third-order valence-corrected chi connectivity index (χ3v) is 11.4. The molecule has 3 nitrogen and oxygen atoms in total. The maximum absolute atomic E-state index is 2.71. The molecule has 0 spiro atoms. The molecule has 3 aliphatic rings. The van der Waals surface area contributed by atoms with Crippen molar-refractivity contribution in [1.29, 1.82) is 0 Å². The Balaban J connectivity index is 1.27. The topological polar surface area (TPSA) is 10.9 Å². The maximum atomic E-state index is 2.71. The van der Waals surface area contributed by atoms with Crippen LogP contribution in [0.1, 0.15) is 25.7 Å². The molecule has 8 aromatic rings. The van der Waals surface area contributed by atoms with E-state index in [0.717, 1.165) is 0 Å². The fourth-order valence-corrected chi connectivity index (χ4v) is 9.72. The minimum absolute atomic E-state index is 0.354. The molecule has 218 valence electrons. The van der Waals surface area contributed by atoms with Gasteiger partial charge in [0.2, 0.25) is 6.71 Å². The van der Waals surface area contributed by atoms with Crippen LogP contribution in [0.4, 0.5) is 28.4 Å². The third kappa shape index (κ3) is 3.14. The first-order valence-electron chi connectivity index (χ1n) is 16.9. The van der Waals surface area contributed by atoms with Crippen molar-refractivity contribution in [2.45, 2.75) is 37.5 Å². The Morgan fingerprint density at radius 1 is 0.522 bits per heavy atom. The molecule has 2 aliphatic heterocycles. The maximum Gasteiger partial charge on any atom is 0.222 e. The summed E-state index contributed by atoms with van der Waals surface area (Å²) in [7, 11) is 0. The van der Waals surface area contributed by atoms with Crippen LogP contribution in [0.25, 0.3) is 38.1 Å². The van der Waals surface area contributed by atoms with Crippen molar-refractivity contribution in [2.75, 3.05) is 9.80 Å². The number of anilines is 5. The standard InChI is InChI=1S/C42H32BN3/c1-3-13-27(14-4-1)44-36-22-10-8-20-33(36)43-34-25-32-31-19-11-18-30-29-17-7-9-21-35(29)46(42(30)31)39(32)26-40(34)45(28-15-5-2-6-16-28)38-24-12-23-37(44)41(38)43/h1-7,9,11-19,21,23-26,33,36H,8,10,20,22H2. The Labute approximate surface area is 268 Å². The predicted molar refractivity (Wildman–Crippen MR) is 195 cm³/mol. The van der Waals surface area contributed by atoms with Crippen LogP contribution >= 0.6 is 0 Å². The van der Waals surface area contributed by atoms with Gasteiger partial charge in [0, 0.05) is 56.0 Å². The van der Waals surface area contributed by atoms with Gasteiger partial charge in [-0.3, -0.25) is 0 Å². The van der Waals surface area contributed by atoms with Crippen LogP contribution in [0.15, 0.2) is 133 Å². The van der Waals surface area contributed by atoms with E-state index in [-0.39, 0.29) is 0 Å². The largest absolute Gasteiger partial charge is 0.339 e. The van der Waals surface area contributed by atoms with E-state index >= 15 is 0 Å². The summed E-state index contributed by atoms with van der Waals surface area (Å²) in [5.41, 5.74) is 13.5. The molecule has 0 amide bonds. The molecule has 1 aliphatic carbocycles. The minimum Gasteiger partial charge on any atom is -0.339 e. The summed E-state index contributed by atoms with van der Waals surface area (Å²) >= 11 is 0. The van der Waals surface area contributed by atoms with E-state index in [0.29, 0.717) is 18.6 Å². The molecule has 0 radical (unpaired) electrons. The SMILES string of the molecule is c1ccc(N2c3cc4c(cc3B3c5c2cccc5N(c2ccccc2)C2CCCCC32)c2cccc3c5ccccc5n4c32)cc1. The predicted octanol–water partition coefficient (Wildman–Crippen LogP) is 9.69. The molecular formula is C42H32BN3. The number of hydrogen-bond acceptors (Lipinski definition) is 2. The molecular weight excluding hydrogens is 557 g/mol. The number of rotatable bonds is 2. The fourth-order valence-electron chi connectivity index (χ4n) is 9.72. The first-order chi connectivity index (χ1) is 22.9. The van der Waals surface area contributed by atoms with Gasteiger partial charge in [0.05, 0.1) is 16.6 Å². The number of fused-ring (bicyclic) bond motifs is 10. The summed E-state index contributed by atoms with van der Waals surface area (Å²) in [5, 5.41) is 5.41. The summed E-state index contributed by atoms with van der Waals surface area (Å²) < 4.78 is 2.53. The number of hydrogen-bond donors (Lipinski definition) is 0. The highest BCUT2D eigenvalue weighted by Gasteiger charge is 2.50. The van der Waals surface area contributed by atoms with Crippen molar-refractivity contribution in [1.82, 2.24) is 4.40 Å². The van der Waals surface area contributed by atoms with E-state index in [1.54, 1.807) is 0 Å². The zero-order valence-electron chi connectivity index (χ0n) is 25.6. The average Bonchev–Trinajstić information content (AvgIpc) is 3.63. The second kappa shape index (κ2) is 9.17. The quantitative estimate of drug-likeness (QED) is 0.186. The number of benzene rings is 6. The van der Waals surface area contributed by atoms with Gasteiger partial charge in [-0.15, -0.1) is 0 Å². The molecule has 1 fully saturated rings. The Bertz CT molecular complexity index is 2470. The molecule has 2 unspecified atom stereocenters. The van der Waals surface area contributed by atoms with E-state index in [4.69, 9.17) is 0 Å². The molecule has 2 atom stereocenters. The summed E-state index contributed by atoms with van der Waals surface area (Å²) in [6.45, 7) is 0.354. The number of aromatic nitrogens is 1. The average molecular weight is 590 g/mol. The zero-order valence-corrected chi connectivity index (χ0v) is 25.6. The van der Waals surface area contributed by atoms with Crippen molar-refractivity contribution >= 4 is 84.2 Å². The lowest BCUT2D eigenvalue weighted by Crippen LogP contribution is -2.62. The van der Waals surface area contributed by atoms with E-state index in [1.807, 2.05) is 0 Å². The monoisotopic (exact) mass is 589 g/mol. The number of nitrogens with zero attached hydrogens (tertiary/aromatic N) is 3. The lowest BCUT2D eigenvalue weighted by Gasteiger charge is -2.52. The van der Waals surface area contributed by atoms with Gasteiger partial charge in [-0.05, 0) is 71.7 Å². The van der Waals surface area contributed by atoms with Crippen LogP contribution in [0.3, 0.4) is 0 Å². The Morgan fingerprint density at radius 3 is 2.04 bits per heavy atom. The zero-order chi connectivity index (χ0) is 29.9. The summed E-state index contributed by atoms with van der Waals surface area (Å²) in [6, 6.07) is 50.7. The van der Waals surface area contributed by atoms with Crippen LogP contribution in [-0.4, -0.2) is 17.2 Å². The fraction of sp³-hybridized carbons (Fsp3) is 0.143. The summed E-state index contributed by atoms with van der Waals surface area (Å²) in [4.78, 5) is 5.27. The van der Waals surface area contributed by atoms with Gasteiger partial charge < -0.3 is 14.2 Å². The molecule has 2 aromatic heterocycles. The third-order valence-electron chi connectivity index (χ3n) is 11.4. The second-order valence-electron chi connectivity index (χ2n) is 13.6. The first-order valence-corrected chi connectivity index (χ1v) is 16.9. The molecule has 46 heavy (non-hydrogen) atoms. The van der Waals surface area contributed by atoms with Crippen LogP contribution in [-0.2, 0) is 0 Å². The molecule has 0 saturated heterocycles. The lowest BCUT2D eigenvalue weighted by molar-refractivity contribution is 0.429. The highest BCUT2D eigenvalue weighted by Crippen LogP contribution is 2.51. The molecule has 4 heterocycles. The van der Waals surface area contributed by atoms with E-state index in [9.17, 15) is 0 Å². The van der Waals surface area contributed by atoms with Gasteiger partial charge in [-0.2, -0.15) is 0 Å². The first kappa shape index (κ1) is 25.0. The lowest BCUT2D eigenvalue weighted by atomic mass is 9.28. The highest BCUT2D eigenvalue weighted by atomic mass is 15.2. The smallest absolute Gasteiger partial charge is 0.222 e. The van der Waals surface area contributed by atoms with Gasteiger partial charge in [-0.1, -0.05) is 104 Å². The normalized spacial score (nSPS) is 18.8. The van der Waals surface area contributed by atoms with Crippen LogP contribution in [0, 0.1) is 0 Å². The second-order valence-corrected chi connectivity index (χ2v) is 13.6. The Hall–Kier alpha value is -5.22. The van der Waals surface area contributed by atoms with Gasteiger partial charge in [0.25, 0.3) is 0 Å². The van der Waals surface area contributed by atoms with E-state index < -0.39 is 0 Å². The van der Waals surface area contributed by atoms with Crippen molar-refractivity contribution < 1.29 is 0 Å². The van der Waals surface area contributed by atoms with Crippen molar-refractivity contribution in [3.63, 3.8) is 0 Å². The molecule has 4 heteroatoms. The van der Waals surface area contributed by atoms with Crippen LogP contribution < -0.4 is 20.7 Å². The van der Waals surface area contributed by atoms with Gasteiger partial charge >= 0.3 is 0 Å².